The van der Waals surface area contributed by atoms with Crippen molar-refractivity contribution in [1.29, 1.82) is 0 Å². The molecular formula is C12H16N2O2. The lowest BCUT2D eigenvalue weighted by molar-refractivity contribution is 0.399. The van der Waals surface area contributed by atoms with Crippen molar-refractivity contribution in [3.63, 3.8) is 0 Å². The molecule has 0 fully saturated rings. The largest absolute Gasteiger partial charge is 0.496 e. The lowest BCUT2D eigenvalue weighted by Gasteiger charge is -2.09. The van der Waals surface area contributed by atoms with Gasteiger partial charge in [-0.1, -0.05) is 0 Å². The number of fused-ring (bicyclic) bond motifs is 1. The van der Waals surface area contributed by atoms with Gasteiger partial charge < -0.3 is 20.2 Å². The molecular weight excluding hydrogens is 204 g/mol. The first kappa shape index (κ1) is 10.7. The number of rotatable bonds is 2. The Balaban J connectivity index is 2.91. The summed E-state index contributed by atoms with van der Waals surface area (Å²) in [6.45, 7) is 4.06. The van der Waals surface area contributed by atoms with Crippen molar-refractivity contribution in [2.45, 2.75) is 13.8 Å². The van der Waals surface area contributed by atoms with Crippen LogP contribution in [-0.2, 0) is 0 Å². The topological polar surface area (TPSA) is 60.3 Å². The molecule has 1 aromatic carbocycles. The summed E-state index contributed by atoms with van der Waals surface area (Å²) in [4.78, 5) is 3.26. The Morgan fingerprint density at radius 2 is 1.75 bits per heavy atom. The molecule has 4 nitrogen and oxygen atoms in total. The summed E-state index contributed by atoms with van der Waals surface area (Å²) in [5, 5.41) is 1.03. The third-order valence-corrected chi connectivity index (χ3v) is 2.98. The van der Waals surface area contributed by atoms with Crippen molar-refractivity contribution in [3.8, 4) is 11.5 Å². The average molecular weight is 220 g/mol. The summed E-state index contributed by atoms with van der Waals surface area (Å²) < 4.78 is 10.6. The number of nitrogens with two attached hydrogens (primary N) is 1. The van der Waals surface area contributed by atoms with Crippen LogP contribution >= 0.6 is 0 Å². The van der Waals surface area contributed by atoms with Gasteiger partial charge in [-0.25, -0.2) is 0 Å². The zero-order chi connectivity index (χ0) is 11.9. The van der Waals surface area contributed by atoms with Crippen molar-refractivity contribution in [3.05, 3.63) is 17.3 Å². The molecule has 2 rings (SSSR count). The molecule has 86 valence electrons. The first-order valence-electron chi connectivity index (χ1n) is 5.09. The molecule has 0 saturated carbocycles. The quantitative estimate of drug-likeness (QED) is 0.764. The molecule has 0 saturated heterocycles. The molecule has 1 heterocycles. The zero-order valence-corrected chi connectivity index (χ0v) is 9.97. The number of methoxy groups -OCH3 is 2. The number of nitrogens with one attached hydrogen (secondary N) is 1. The Labute approximate surface area is 94.3 Å². The lowest BCUT2D eigenvalue weighted by Crippen LogP contribution is -1.95. The Hall–Kier alpha value is -1.84. The highest BCUT2D eigenvalue weighted by atomic mass is 16.5. The second-order valence-corrected chi connectivity index (χ2v) is 3.82. The Kier molecular flexibility index (Phi) is 2.42. The molecule has 0 amide bonds. The molecule has 4 heteroatoms. The maximum Gasteiger partial charge on any atom is 0.147 e. The van der Waals surface area contributed by atoms with E-state index >= 15 is 0 Å². The van der Waals surface area contributed by atoms with E-state index in [9.17, 15) is 0 Å². The second kappa shape index (κ2) is 3.63. The van der Waals surface area contributed by atoms with Gasteiger partial charge in [-0.05, 0) is 19.4 Å². The number of aromatic nitrogens is 1. The van der Waals surface area contributed by atoms with Crippen molar-refractivity contribution < 1.29 is 9.47 Å². The van der Waals surface area contributed by atoms with Crippen molar-refractivity contribution >= 4 is 16.6 Å². The van der Waals surface area contributed by atoms with Crippen LogP contribution in [0.3, 0.4) is 0 Å². The molecule has 0 aliphatic carbocycles. The zero-order valence-electron chi connectivity index (χ0n) is 9.97. The Morgan fingerprint density at radius 3 is 2.31 bits per heavy atom. The number of nitrogen functional groups attached to an aromatic ring is 1. The van der Waals surface area contributed by atoms with Crippen molar-refractivity contribution in [2.24, 2.45) is 0 Å². The fourth-order valence-electron chi connectivity index (χ4n) is 1.95. The predicted molar refractivity (Wildman–Crippen MR) is 65.3 cm³/mol. The van der Waals surface area contributed by atoms with Gasteiger partial charge in [0.1, 0.15) is 11.5 Å². The van der Waals surface area contributed by atoms with E-state index in [0.29, 0.717) is 11.4 Å². The van der Waals surface area contributed by atoms with Crippen LogP contribution in [0.25, 0.3) is 10.9 Å². The molecule has 16 heavy (non-hydrogen) atoms. The third-order valence-electron chi connectivity index (χ3n) is 2.98. The predicted octanol–water partition coefficient (Wildman–Crippen LogP) is 2.38. The number of H-pyrrole nitrogens is 1. The fraction of sp³-hybridized carbons (Fsp3) is 0.333. The number of aryl methyl sites for hydroxylation is 2. The van der Waals surface area contributed by atoms with Crippen LogP contribution in [0.4, 0.5) is 5.69 Å². The van der Waals surface area contributed by atoms with Crippen LogP contribution in [-0.4, -0.2) is 19.2 Å². The molecule has 0 atom stereocenters. The molecule has 0 aliphatic rings. The second-order valence-electron chi connectivity index (χ2n) is 3.82. The lowest BCUT2D eigenvalue weighted by atomic mass is 10.1. The highest BCUT2D eigenvalue weighted by Crippen LogP contribution is 2.39. The summed E-state index contributed by atoms with van der Waals surface area (Å²) in [5.74, 6) is 1.41. The molecule has 3 N–H and O–H groups in total. The van der Waals surface area contributed by atoms with Gasteiger partial charge in [0.2, 0.25) is 0 Å². The van der Waals surface area contributed by atoms with Crippen LogP contribution in [0.15, 0.2) is 6.07 Å². The summed E-state index contributed by atoms with van der Waals surface area (Å²) in [7, 11) is 3.24. The number of hydrogen-bond acceptors (Lipinski definition) is 3. The molecule has 0 unspecified atom stereocenters. The van der Waals surface area contributed by atoms with Crippen LogP contribution < -0.4 is 15.2 Å². The van der Waals surface area contributed by atoms with E-state index in [4.69, 9.17) is 15.2 Å². The summed E-state index contributed by atoms with van der Waals surface area (Å²) >= 11 is 0. The third kappa shape index (κ3) is 1.30. The van der Waals surface area contributed by atoms with Gasteiger partial charge in [-0.3, -0.25) is 0 Å². The smallest absolute Gasteiger partial charge is 0.147 e. The molecule has 0 radical (unpaired) electrons. The van der Waals surface area contributed by atoms with Gasteiger partial charge in [-0.2, -0.15) is 0 Å². The Morgan fingerprint density at radius 1 is 1.12 bits per heavy atom. The summed E-state index contributed by atoms with van der Waals surface area (Å²) in [6.07, 6.45) is 0. The van der Waals surface area contributed by atoms with E-state index in [1.54, 1.807) is 14.2 Å². The highest BCUT2D eigenvalue weighted by Gasteiger charge is 2.16. The fourth-order valence-corrected chi connectivity index (χ4v) is 1.95. The van der Waals surface area contributed by atoms with Crippen LogP contribution in [0, 0.1) is 13.8 Å². The number of benzene rings is 1. The van der Waals surface area contributed by atoms with Crippen LogP contribution in [0.1, 0.15) is 11.3 Å². The first-order valence-corrected chi connectivity index (χ1v) is 5.09. The summed E-state index contributed by atoms with van der Waals surface area (Å²) in [5.41, 5.74) is 9.77. The summed E-state index contributed by atoms with van der Waals surface area (Å²) in [6, 6.07) is 1.82. The van der Waals surface area contributed by atoms with Gasteiger partial charge >= 0.3 is 0 Å². The number of hydrogen-bond donors (Lipinski definition) is 2. The van der Waals surface area contributed by atoms with E-state index in [0.717, 1.165) is 27.9 Å². The van der Waals surface area contributed by atoms with E-state index in [1.165, 1.54) is 0 Å². The van der Waals surface area contributed by atoms with Gasteiger partial charge in [-0.15, -0.1) is 0 Å². The van der Waals surface area contributed by atoms with Crippen molar-refractivity contribution in [2.75, 3.05) is 20.0 Å². The minimum Gasteiger partial charge on any atom is -0.496 e. The minimum absolute atomic E-state index is 0.620. The number of aromatic amines is 1. The van der Waals surface area contributed by atoms with Crippen LogP contribution in [0.2, 0.25) is 0 Å². The highest BCUT2D eigenvalue weighted by molar-refractivity contribution is 6.00. The average Bonchev–Trinajstić information content (AvgIpc) is 2.58. The van der Waals surface area contributed by atoms with Gasteiger partial charge in [0, 0.05) is 17.1 Å². The standard InChI is InChI=1S/C12H16N2O2/c1-6-7(2)14-12-10(6)8(15-3)5-9(16-4)11(12)13/h5,14H,13H2,1-4H3. The maximum absolute atomic E-state index is 6.02. The van der Waals surface area contributed by atoms with E-state index in [2.05, 4.69) is 4.98 Å². The normalized spacial score (nSPS) is 10.8. The van der Waals surface area contributed by atoms with Gasteiger partial charge in [0.05, 0.1) is 25.4 Å². The van der Waals surface area contributed by atoms with E-state index < -0.39 is 0 Å². The minimum atomic E-state index is 0.620. The molecule has 0 spiro atoms. The van der Waals surface area contributed by atoms with Crippen LogP contribution in [0.5, 0.6) is 11.5 Å². The van der Waals surface area contributed by atoms with E-state index in [-0.39, 0.29) is 0 Å². The molecule has 2 aromatic rings. The monoisotopic (exact) mass is 220 g/mol. The number of anilines is 1. The molecule has 0 bridgehead atoms. The first-order chi connectivity index (χ1) is 7.60. The molecule has 0 aliphatic heterocycles. The number of ether oxygens (including phenoxy) is 2. The van der Waals surface area contributed by atoms with Crippen molar-refractivity contribution in [1.82, 2.24) is 4.98 Å². The Bertz CT molecular complexity index is 544. The van der Waals surface area contributed by atoms with Gasteiger partial charge in [0.15, 0.2) is 0 Å². The van der Waals surface area contributed by atoms with Gasteiger partial charge in [0.25, 0.3) is 0 Å². The SMILES string of the molecule is COc1cc(OC)c2c(C)c(C)[nH]c2c1N. The maximum atomic E-state index is 6.02. The molecule has 1 aromatic heterocycles. The van der Waals surface area contributed by atoms with E-state index in [1.807, 2.05) is 19.9 Å².